The van der Waals surface area contributed by atoms with Crippen molar-refractivity contribution in [1.82, 2.24) is 9.78 Å². The summed E-state index contributed by atoms with van der Waals surface area (Å²) in [6.07, 6.45) is 2.60. The third-order valence-electron chi connectivity index (χ3n) is 0.811. The summed E-state index contributed by atoms with van der Waals surface area (Å²) in [5, 5.41) is 3.40. The minimum Gasteiger partial charge on any atom is -0.198 e. The van der Waals surface area contributed by atoms with Crippen LogP contribution in [-0.4, -0.2) is 9.78 Å². The van der Waals surface area contributed by atoms with E-state index in [1.165, 1.54) is 12.4 Å². The molecule has 0 fully saturated rings. The Labute approximate surface area is 77.9 Å². The fourth-order valence-electron chi connectivity index (χ4n) is 0.440. The van der Waals surface area contributed by atoms with Crippen LogP contribution >= 0.6 is 38.5 Å². The van der Waals surface area contributed by atoms with Crippen LogP contribution in [0.5, 0.6) is 0 Å². The first kappa shape index (κ1) is 8.38. The lowest BCUT2D eigenvalue weighted by Gasteiger charge is -2.06. The van der Waals surface area contributed by atoms with E-state index >= 15 is 0 Å². The van der Waals surface area contributed by atoms with Gasteiger partial charge in [-0.3, -0.25) is 0 Å². The number of rotatable bonds is 1. The second-order valence-corrected chi connectivity index (χ2v) is 3.77. The monoisotopic (exact) mass is 322 g/mol. The highest BCUT2D eigenvalue weighted by Gasteiger charge is 2.26. The molecule has 0 N–H and O–H groups in total. The van der Waals surface area contributed by atoms with Crippen molar-refractivity contribution in [3.63, 3.8) is 0 Å². The maximum absolute atomic E-state index is 12.3. The van der Waals surface area contributed by atoms with Crippen LogP contribution < -0.4 is 0 Å². The molecule has 2 nitrogen and oxygen atoms in total. The van der Waals surface area contributed by atoms with E-state index in [4.69, 9.17) is 0 Å². The Kier molecular flexibility index (Phi) is 2.28. The summed E-state index contributed by atoms with van der Waals surface area (Å²) in [5.74, 6) is 0. The van der Waals surface area contributed by atoms with Gasteiger partial charge in [-0.05, 0) is 22.6 Å². The average Bonchev–Trinajstić information content (AvgIpc) is 2.11. The zero-order valence-electron chi connectivity index (χ0n) is 4.56. The van der Waals surface area contributed by atoms with Gasteiger partial charge < -0.3 is 0 Å². The van der Waals surface area contributed by atoms with E-state index < -0.39 is 4.96 Å². The topological polar surface area (TPSA) is 17.8 Å². The zero-order valence-corrected chi connectivity index (χ0v) is 8.30. The first-order chi connectivity index (χ1) is 4.50. The summed E-state index contributed by atoms with van der Waals surface area (Å²) in [6.45, 7) is 0. The Hall–Kier alpha value is 0.280. The number of alkyl halides is 3. The predicted molar refractivity (Wildman–Crippen MR) is 44.1 cm³/mol. The molecule has 0 aromatic carbocycles. The molecule has 0 spiro atoms. The molecular weight excluding hydrogens is 321 g/mol. The first-order valence-corrected chi connectivity index (χ1v) is 4.15. The van der Waals surface area contributed by atoms with E-state index in [9.17, 15) is 8.78 Å². The van der Waals surface area contributed by atoms with E-state index in [-0.39, 0.29) is 0 Å². The molecule has 1 aromatic rings. The average molecular weight is 323 g/mol. The highest BCUT2D eigenvalue weighted by atomic mass is 127. The Morgan fingerprint density at radius 2 is 2.30 bits per heavy atom. The molecule has 0 amide bonds. The molecule has 0 radical (unpaired) electrons. The van der Waals surface area contributed by atoms with Crippen molar-refractivity contribution in [3.05, 3.63) is 16.0 Å². The lowest BCUT2D eigenvalue weighted by Crippen LogP contribution is -2.14. The van der Waals surface area contributed by atoms with Crippen LogP contribution in [0.3, 0.4) is 0 Å². The van der Waals surface area contributed by atoms with Crippen LogP contribution in [0.15, 0.2) is 12.4 Å². The maximum Gasteiger partial charge on any atom is 0.401 e. The Morgan fingerprint density at radius 3 is 2.50 bits per heavy atom. The van der Waals surface area contributed by atoms with Crippen molar-refractivity contribution in [2.45, 2.75) is 4.96 Å². The van der Waals surface area contributed by atoms with Gasteiger partial charge in [0.05, 0.1) is 9.77 Å². The summed E-state index contributed by atoms with van der Waals surface area (Å²) in [4.78, 5) is -3.07. The van der Waals surface area contributed by atoms with Crippen LogP contribution in [0.25, 0.3) is 0 Å². The largest absolute Gasteiger partial charge is 0.401 e. The summed E-state index contributed by atoms with van der Waals surface area (Å²) < 4.78 is 25.8. The quantitative estimate of drug-likeness (QED) is 0.573. The minimum atomic E-state index is -3.07. The van der Waals surface area contributed by atoms with Gasteiger partial charge in [0.2, 0.25) is 0 Å². The van der Waals surface area contributed by atoms with Crippen LogP contribution in [0.1, 0.15) is 0 Å². The van der Waals surface area contributed by atoms with Gasteiger partial charge in [0.25, 0.3) is 0 Å². The lowest BCUT2D eigenvalue weighted by molar-refractivity contribution is 0.0199. The molecule has 10 heavy (non-hydrogen) atoms. The van der Waals surface area contributed by atoms with E-state index in [1.54, 1.807) is 0 Å². The van der Waals surface area contributed by atoms with Crippen molar-refractivity contribution in [2.24, 2.45) is 0 Å². The van der Waals surface area contributed by atoms with Gasteiger partial charge in [-0.25, -0.2) is 0 Å². The predicted octanol–water partition coefficient (Wildman–Crippen LogP) is 2.39. The third kappa shape index (κ3) is 1.88. The number of hydrogen-bond acceptors (Lipinski definition) is 1. The summed E-state index contributed by atoms with van der Waals surface area (Å²) >= 11 is 4.07. The summed E-state index contributed by atoms with van der Waals surface area (Å²) in [6, 6.07) is 0. The molecule has 0 bridgehead atoms. The van der Waals surface area contributed by atoms with E-state index in [2.05, 4.69) is 21.0 Å². The SMILES string of the molecule is FC(F)(Br)n1cc(I)cn1. The molecule has 0 aliphatic rings. The third-order valence-corrected chi connectivity index (χ3v) is 1.73. The number of aromatic nitrogens is 2. The molecule has 0 atom stereocenters. The second kappa shape index (κ2) is 2.72. The van der Waals surface area contributed by atoms with Crippen molar-refractivity contribution in [3.8, 4) is 0 Å². The van der Waals surface area contributed by atoms with Gasteiger partial charge in [0.1, 0.15) is 0 Å². The van der Waals surface area contributed by atoms with Gasteiger partial charge in [-0.1, -0.05) is 0 Å². The Bertz CT molecular complexity index is 231. The lowest BCUT2D eigenvalue weighted by atomic mass is 10.8. The van der Waals surface area contributed by atoms with Crippen LogP contribution in [-0.2, 0) is 4.96 Å². The van der Waals surface area contributed by atoms with Crippen molar-refractivity contribution < 1.29 is 8.78 Å². The second-order valence-electron chi connectivity index (χ2n) is 1.57. The number of hydrogen-bond donors (Lipinski definition) is 0. The van der Waals surface area contributed by atoms with E-state index in [0.29, 0.717) is 8.25 Å². The van der Waals surface area contributed by atoms with Gasteiger partial charge in [0.15, 0.2) is 0 Å². The summed E-state index contributed by atoms with van der Waals surface area (Å²) in [5.41, 5.74) is 0. The first-order valence-electron chi connectivity index (χ1n) is 2.27. The number of halogens is 4. The van der Waals surface area contributed by atoms with E-state index in [1.807, 2.05) is 22.6 Å². The smallest absolute Gasteiger partial charge is 0.198 e. The fourth-order valence-corrected chi connectivity index (χ4v) is 1.02. The van der Waals surface area contributed by atoms with Gasteiger partial charge in [-0.15, -0.1) is 0 Å². The maximum atomic E-state index is 12.3. The van der Waals surface area contributed by atoms with Crippen LogP contribution in [0, 0.1) is 3.57 Å². The van der Waals surface area contributed by atoms with Crippen molar-refractivity contribution in [2.75, 3.05) is 0 Å². The molecule has 0 saturated heterocycles. The molecule has 0 aliphatic carbocycles. The van der Waals surface area contributed by atoms with Crippen LogP contribution in [0.4, 0.5) is 8.78 Å². The highest BCUT2D eigenvalue weighted by molar-refractivity contribution is 14.1. The molecule has 0 unspecified atom stereocenters. The Balaban J connectivity index is 2.96. The van der Waals surface area contributed by atoms with Crippen molar-refractivity contribution in [1.29, 1.82) is 0 Å². The standard InChI is InChI=1S/C4H2BrF2IN2/c5-4(6,7)10-2-3(8)1-9-10/h1-2H. The molecule has 0 aliphatic heterocycles. The van der Waals surface area contributed by atoms with Crippen molar-refractivity contribution >= 4 is 38.5 Å². The molecule has 0 saturated carbocycles. The van der Waals surface area contributed by atoms with Gasteiger partial charge in [0, 0.05) is 22.1 Å². The number of nitrogens with zero attached hydrogens (tertiary/aromatic N) is 2. The molecule has 6 heteroatoms. The fraction of sp³-hybridized carbons (Fsp3) is 0.250. The Morgan fingerprint density at radius 1 is 1.70 bits per heavy atom. The molecular formula is C4H2BrF2IN2. The summed E-state index contributed by atoms with van der Waals surface area (Å²) in [7, 11) is 0. The molecule has 1 rings (SSSR count). The minimum absolute atomic E-state index is 0.550. The molecule has 1 aromatic heterocycles. The van der Waals surface area contributed by atoms with Gasteiger partial charge >= 0.3 is 4.96 Å². The normalized spacial score (nSPS) is 12.0. The van der Waals surface area contributed by atoms with E-state index in [0.717, 1.165) is 0 Å². The van der Waals surface area contributed by atoms with Gasteiger partial charge in [-0.2, -0.15) is 18.6 Å². The highest BCUT2D eigenvalue weighted by Crippen LogP contribution is 2.27. The zero-order chi connectivity index (χ0) is 7.78. The molecule has 1 heterocycles. The molecule has 56 valence electrons. The van der Waals surface area contributed by atoms with Crippen LogP contribution in [0.2, 0.25) is 0 Å².